The van der Waals surface area contributed by atoms with Gasteiger partial charge < -0.3 is 20.4 Å². The maximum Gasteiger partial charge on any atom is 0.315 e. The molecule has 1 atom stereocenters. The second-order valence-corrected chi connectivity index (χ2v) is 7.30. The molecule has 26 heavy (non-hydrogen) atoms. The molecule has 2 saturated heterocycles. The van der Waals surface area contributed by atoms with Crippen molar-refractivity contribution in [1.29, 1.82) is 0 Å². The average Bonchev–Trinajstić information content (AvgIpc) is 3.03. The lowest BCUT2D eigenvalue weighted by atomic mass is 10.1. The van der Waals surface area contributed by atoms with Gasteiger partial charge in [-0.05, 0) is 50.8 Å². The van der Waals surface area contributed by atoms with Gasteiger partial charge >= 0.3 is 6.03 Å². The van der Waals surface area contributed by atoms with E-state index in [0.29, 0.717) is 6.54 Å². The first kappa shape index (κ1) is 18.7. The van der Waals surface area contributed by atoms with Gasteiger partial charge in [0.15, 0.2) is 0 Å². The largest absolute Gasteiger partial charge is 0.351 e. The molecule has 1 aromatic carbocycles. The SMILES string of the molecule is NC(=O)N1CCCC1C(=O)N1CCCN(CCCc2ccccc2)CC1. The Bertz CT molecular complexity index is 607. The number of nitrogens with two attached hydrogens (primary N) is 1. The summed E-state index contributed by atoms with van der Waals surface area (Å²) in [5.74, 6) is 0.0763. The van der Waals surface area contributed by atoms with Crippen LogP contribution >= 0.6 is 0 Å². The van der Waals surface area contributed by atoms with Gasteiger partial charge in [-0.3, -0.25) is 4.79 Å². The van der Waals surface area contributed by atoms with Gasteiger partial charge in [-0.15, -0.1) is 0 Å². The van der Waals surface area contributed by atoms with Gasteiger partial charge in [0.2, 0.25) is 5.91 Å². The van der Waals surface area contributed by atoms with Crippen molar-refractivity contribution in [2.24, 2.45) is 5.73 Å². The molecular formula is C20H30N4O2. The summed E-state index contributed by atoms with van der Waals surface area (Å²) < 4.78 is 0. The number of nitrogens with zero attached hydrogens (tertiary/aromatic N) is 3. The Morgan fingerprint density at radius 2 is 1.81 bits per heavy atom. The lowest BCUT2D eigenvalue weighted by Crippen LogP contribution is -2.50. The standard InChI is InChI=1S/C20H30N4O2/c21-20(26)24-14-5-10-18(24)19(25)23-13-6-12-22(15-16-23)11-4-9-17-7-2-1-3-8-17/h1-3,7-8,18H,4-6,9-16H2,(H2,21,26). The van der Waals surface area contributed by atoms with Crippen LogP contribution in [0.5, 0.6) is 0 Å². The van der Waals surface area contributed by atoms with E-state index in [1.54, 1.807) is 0 Å². The molecule has 3 rings (SSSR count). The molecule has 3 amide bonds. The highest BCUT2D eigenvalue weighted by Gasteiger charge is 2.35. The predicted molar refractivity (Wildman–Crippen MR) is 102 cm³/mol. The summed E-state index contributed by atoms with van der Waals surface area (Å²) in [5.41, 5.74) is 6.80. The second kappa shape index (κ2) is 9.03. The Hall–Kier alpha value is -2.08. The number of benzene rings is 1. The topological polar surface area (TPSA) is 69.9 Å². The third-order valence-electron chi connectivity index (χ3n) is 5.50. The van der Waals surface area contributed by atoms with Gasteiger partial charge in [-0.2, -0.15) is 0 Å². The van der Waals surface area contributed by atoms with Crippen LogP contribution in [0, 0.1) is 0 Å². The van der Waals surface area contributed by atoms with Crippen LogP contribution in [0.4, 0.5) is 4.79 Å². The highest BCUT2D eigenvalue weighted by molar-refractivity contribution is 5.87. The number of carbonyl (C=O) groups excluding carboxylic acids is 2. The molecule has 0 bridgehead atoms. The summed E-state index contributed by atoms with van der Waals surface area (Å²) in [6.07, 6.45) is 4.81. The molecule has 1 unspecified atom stereocenters. The number of rotatable bonds is 5. The minimum Gasteiger partial charge on any atom is -0.351 e. The van der Waals surface area contributed by atoms with Gasteiger partial charge in [-0.1, -0.05) is 30.3 Å². The summed E-state index contributed by atoms with van der Waals surface area (Å²) >= 11 is 0. The van der Waals surface area contributed by atoms with Crippen LogP contribution in [0.3, 0.4) is 0 Å². The van der Waals surface area contributed by atoms with Gasteiger partial charge in [-0.25, -0.2) is 4.79 Å². The van der Waals surface area contributed by atoms with Crippen molar-refractivity contribution in [2.75, 3.05) is 39.3 Å². The van der Waals surface area contributed by atoms with E-state index in [-0.39, 0.29) is 11.9 Å². The molecule has 6 nitrogen and oxygen atoms in total. The zero-order valence-corrected chi connectivity index (χ0v) is 15.5. The van der Waals surface area contributed by atoms with Crippen molar-refractivity contribution in [3.63, 3.8) is 0 Å². The molecule has 2 aliphatic heterocycles. The van der Waals surface area contributed by atoms with Gasteiger partial charge in [0.1, 0.15) is 6.04 Å². The van der Waals surface area contributed by atoms with Gasteiger partial charge in [0.25, 0.3) is 0 Å². The quantitative estimate of drug-likeness (QED) is 0.871. The Labute approximate surface area is 155 Å². The zero-order chi connectivity index (χ0) is 18.4. The van der Waals surface area contributed by atoms with Gasteiger partial charge in [0, 0.05) is 26.2 Å². The van der Waals surface area contributed by atoms with Crippen molar-refractivity contribution in [3.05, 3.63) is 35.9 Å². The van der Waals surface area contributed by atoms with Crippen LogP contribution in [-0.4, -0.2) is 71.9 Å². The third-order valence-corrected chi connectivity index (χ3v) is 5.50. The monoisotopic (exact) mass is 358 g/mol. The number of aryl methyl sites for hydroxylation is 1. The van der Waals surface area contributed by atoms with Crippen molar-refractivity contribution in [2.45, 2.75) is 38.1 Å². The maximum absolute atomic E-state index is 12.8. The fraction of sp³-hybridized carbons (Fsp3) is 0.600. The molecule has 0 aromatic heterocycles. The fourth-order valence-corrected chi connectivity index (χ4v) is 4.06. The van der Waals surface area contributed by atoms with E-state index < -0.39 is 6.03 Å². The third kappa shape index (κ3) is 4.75. The van der Waals surface area contributed by atoms with E-state index in [4.69, 9.17) is 5.73 Å². The first-order valence-corrected chi connectivity index (χ1v) is 9.76. The lowest BCUT2D eigenvalue weighted by Gasteiger charge is -2.28. The maximum atomic E-state index is 12.8. The van der Waals surface area contributed by atoms with E-state index in [0.717, 1.165) is 64.8 Å². The van der Waals surface area contributed by atoms with Crippen molar-refractivity contribution in [1.82, 2.24) is 14.7 Å². The number of carbonyl (C=O) groups is 2. The van der Waals surface area contributed by atoms with Crippen molar-refractivity contribution in [3.8, 4) is 0 Å². The zero-order valence-electron chi connectivity index (χ0n) is 15.5. The van der Waals surface area contributed by atoms with E-state index in [1.165, 1.54) is 10.5 Å². The summed E-state index contributed by atoms with van der Waals surface area (Å²) in [5, 5.41) is 0. The Morgan fingerprint density at radius 3 is 2.58 bits per heavy atom. The van der Waals surface area contributed by atoms with Crippen LogP contribution in [0.1, 0.15) is 31.2 Å². The Morgan fingerprint density at radius 1 is 1.00 bits per heavy atom. The van der Waals surface area contributed by atoms with Crippen LogP contribution in [0.2, 0.25) is 0 Å². The number of likely N-dealkylation sites (tertiary alicyclic amines) is 1. The predicted octanol–water partition coefficient (Wildman–Crippen LogP) is 1.70. The van der Waals surface area contributed by atoms with Crippen molar-refractivity contribution >= 4 is 11.9 Å². The summed E-state index contributed by atoms with van der Waals surface area (Å²) in [6.45, 7) is 5.12. The molecule has 2 aliphatic rings. The molecule has 0 spiro atoms. The van der Waals surface area contributed by atoms with Gasteiger partial charge in [0.05, 0.1) is 0 Å². The molecular weight excluding hydrogens is 328 g/mol. The number of urea groups is 1. The molecule has 6 heteroatoms. The number of hydrogen-bond donors (Lipinski definition) is 1. The number of amides is 3. The average molecular weight is 358 g/mol. The molecule has 2 N–H and O–H groups in total. The molecule has 0 radical (unpaired) electrons. The minimum atomic E-state index is -0.474. The fourth-order valence-electron chi connectivity index (χ4n) is 4.06. The first-order valence-electron chi connectivity index (χ1n) is 9.76. The minimum absolute atomic E-state index is 0.0763. The molecule has 1 aromatic rings. The van der Waals surface area contributed by atoms with E-state index >= 15 is 0 Å². The highest BCUT2D eigenvalue weighted by Crippen LogP contribution is 2.20. The van der Waals surface area contributed by atoms with Crippen LogP contribution in [0.15, 0.2) is 30.3 Å². The second-order valence-electron chi connectivity index (χ2n) is 7.30. The first-order chi connectivity index (χ1) is 12.6. The number of hydrogen-bond acceptors (Lipinski definition) is 3. The number of primary amides is 1. The van der Waals surface area contributed by atoms with Crippen molar-refractivity contribution < 1.29 is 9.59 Å². The molecule has 142 valence electrons. The van der Waals surface area contributed by atoms with E-state index in [1.807, 2.05) is 11.0 Å². The normalized spacial score (nSPS) is 21.6. The molecule has 2 heterocycles. The van der Waals surface area contributed by atoms with Crippen LogP contribution < -0.4 is 5.73 Å². The molecule has 2 fully saturated rings. The van der Waals surface area contributed by atoms with E-state index in [2.05, 4.69) is 29.2 Å². The van der Waals surface area contributed by atoms with Crippen LogP contribution in [0.25, 0.3) is 0 Å². The summed E-state index contributed by atoms with van der Waals surface area (Å²) in [7, 11) is 0. The summed E-state index contributed by atoms with van der Waals surface area (Å²) in [6, 6.07) is 9.75. The summed E-state index contributed by atoms with van der Waals surface area (Å²) in [4.78, 5) is 30.3. The van der Waals surface area contributed by atoms with E-state index in [9.17, 15) is 9.59 Å². The highest BCUT2D eigenvalue weighted by atomic mass is 16.2. The lowest BCUT2D eigenvalue weighted by molar-refractivity contribution is -0.135. The smallest absolute Gasteiger partial charge is 0.315 e. The van der Waals surface area contributed by atoms with Crippen LogP contribution in [-0.2, 0) is 11.2 Å². The molecule has 0 saturated carbocycles. The Kier molecular flexibility index (Phi) is 6.50. The Balaban J connectivity index is 1.45. The molecule has 0 aliphatic carbocycles.